The normalized spacial score (nSPS) is 15.5. The molecule has 1 atom stereocenters. The third kappa shape index (κ3) is 4.07. The van der Waals surface area contributed by atoms with Crippen molar-refractivity contribution < 1.29 is 37.4 Å². The minimum absolute atomic E-state index is 0.0261. The van der Waals surface area contributed by atoms with E-state index in [0.717, 1.165) is 12.1 Å². The lowest BCUT2D eigenvalue weighted by atomic mass is 9.87. The van der Waals surface area contributed by atoms with E-state index < -0.39 is 35.5 Å². The molecule has 33 heavy (non-hydrogen) atoms. The van der Waals surface area contributed by atoms with Crippen LogP contribution in [0, 0.1) is 0 Å². The first-order valence-electron chi connectivity index (χ1n) is 9.74. The van der Waals surface area contributed by atoms with Crippen LogP contribution in [0.15, 0.2) is 54.7 Å². The van der Waals surface area contributed by atoms with Gasteiger partial charge < -0.3 is 19.7 Å². The number of ether oxygens (including phenoxy) is 1. The largest absolute Gasteiger partial charge is 0.478 e. The highest BCUT2D eigenvalue weighted by Gasteiger charge is 2.35. The Hall–Kier alpha value is -4.08. The van der Waals surface area contributed by atoms with E-state index in [4.69, 9.17) is 0 Å². The number of carbonyl (C=O) groups excluding carboxylic acids is 2. The number of fused-ring (bicyclic) bond motifs is 1. The maximum Gasteiger partial charge on any atom is 0.416 e. The lowest BCUT2D eigenvalue weighted by Crippen LogP contribution is -2.25. The van der Waals surface area contributed by atoms with Crippen LogP contribution < -0.4 is 5.32 Å². The van der Waals surface area contributed by atoms with Gasteiger partial charge in [-0.15, -0.1) is 0 Å². The molecule has 3 aromatic rings. The average Bonchev–Trinajstić information content (AvgIpc) is 3.17. The summed E-state index contributed by atoms with van der Waals surface area (Å²) in [4.78, 5) is 36.0. The van der Waals surface area contributed by atoms with Gasteiger partial charge in [-0.3, -0.25) is 4.79 Å². The van der Waals surface area contributed by atoms with Gasteiger partial charge in [0, 0.05) is 24.2 Å². The monoisotopic (exact) mass is 458 g/mol. The highest BCUT2D eigenvalue weighted by Crippen LogP contribution is 2.42. The molecule has 170 valence electrons. The van der Waals surface area contributed by atoms with Crippen LogP contribution >= 0.6 is 0 Å². The summed E-state index contributed by atoms with van der Waals surface area (Å²) in [5.74, 6) is -2.99. The third-order valence-corrected chi connectivity index (χ3v) is 5.44. The van der Waals surface area contributed by atoms with E-state index in [-0.39, 0.29) is 28.9 Å². The van der Waals surface area contributed by atoms with Gasteiger partial charge in [-0.1, -0.05) is 18.2 Å². The molecule has 2 N–H and O–H groups in total. The number of aromatic nitrogens is 1. The number of carboxylic acid groups (broad SMARTS) is 1. The summed E-state index contributed by atoms with van der Waals surface area (Å²) < 4.78 is 45.9. The topological polar surface area (TPSA) is 97.6 Å². The van der Waals surface area contributed by atoms with Crippen molar-refractivity contribution in [3.05, 3.63) is 82.7 Å². The quantitative estimate of drug-likeness (QED) is 0.563. The van der Waals surface area contributed by atoms with E-state index in [1.807, 2.05) is 0 Å². The fourth-order valence-electron chi connectivity index (χ4n) is 3.92. The summed E-state index contributed by atoms with van der Waals surface area (Å²) in [5, 5.41) is 12.2. The number of hydrogen-bond donors (Lipinski definition) is 2. The number of hydrogen-bond acceptors (Lipinski definition) is 4. The highest BCUT2D eigenvalue weighted by molar-refractivity contribution is 6.04. The highest BCUT2D eigenvalue weighted by atomic mass is 19.4. The summed E-state index contributed by atoms with van der Waals surface area (Å²) in [6.45, 7) is 0. The number of esters is 1. The van der Waals surface area contributed by atoms with E-state index in [1.165, 1.54) is 42.1 Å². The molecule has 0 bridgehead atoms. The Morgan fingerprint density at radius 2 is 1.85 bits per heavy atom. The Bertz CT molecular complexity index is 1260. The number of benzene rings is 2. The summed E-state index contributed by atoms with van der Waals surface area (Å²) in [6.07, 6.45) is -3.45. The smallest absolute Gasteiger partial charge is 0.416 e. The van der Waals surface area contributed by atoms with Crippen LogP contribution in [0.3, 0.4) is 0 Å². The van der Waals surface area contributed by atoms with Crippen LogP contribution in [0.2, 0.25) is 0 Å². The maximum atomic E-state index is 13.3. The third-order valence-electron chi connectivity index (χ3n) is 5.44. The van der Waals surface area contributed by atoms with Crippen molar-refractivity contribution in [2.45, 2.75) is 18.5 Å². The molecule has 4 rings (SSSR count). The molecule has 7 nitrogen and oxygen atoms in total. The first kappa shape index (κ1) is 22.1. The molecule has 2 aromatic carbocycles. The van der Waals surface area contributed by atoms with Crippen LogP contribution in [0.1, 0.15) is 49.9 Å². The molecular formula is C23H17F3N2O5. The number of methoxy groups -OCH3 is 1. The van der Waals surface area contributed by atoms with E-state index in [9.17, 15) is 32.7 Å². The second-order valence-corrected chi connectivity index (χ2v) is 7.44. The van der Waals surface area contributed by atoms with Crippen molar-refractivity contribution in [1.29, 1.82) is 0 Å². The molecule has 0 aliphatic carbocycles. The number of alkyl halides is 3. The number of nitrogens with zero attached hydrogens (tertiary/aromatic N) is 1. The van der Waals surface area contributed by atoms with Crippen LogP contribution in [-0.4, -0.2) is 34.6 Å². The Kier molecular flexibility index (Phi) is 5.44. The van der Waals surface area contributed by atoms with E-state index >= 15 is 0 Å². The SMILES string of the molecule is COC(=O)c1ccc(C2CC(=O)Nc3c(C(=O)O)cn(-c4cccc(C(F)(F)F)c4)c32)cc1. The number of anilines is 1. The van der Waals surface area contributed by atoms with Crippen LogP contribution in [0.25, 0.3) is 5.69 Å². The minimum Gasteiger partial charge on any atom is -0.478 e. The van der Waals surface area contributed by atoms with Gasteiger partial charge in [0.1, 0.15) is 5.56 Å². The standard InChI is InChI=1S/C23H17F3N2O5/c1-33-22(32)13-7-5-12(6-8-13)16-10-18(29)27-19-17(21(30)31)11-28(20(16)19)15-4-2-3-14(9-15)23(24,25)26/h2-9,11,16H,10H2,1H3,(H,27,29)(H,30,31). The molecule has 0 saturated heterocycles. The Morgan fingerprint density at radius 1 is 1.15 bits per heavy atom. The average molecular weight is 458 g/mol. The Balaban J connectivity index is 1.90. The van der Waals surface area contributed by atoms with Gasteiger partial charge >= 0.3 is 18.1 Å². The van der Waals surface area contributed by atoms with E-state index in [2.05, 4.69) is 10.1 Å². The zero-order valence-electron chi connectivity index (χ0n) is 17.1. The van der Waals surface area contributed by atoms with Gasteiger partial charge in [0.15, 0.2) is 0 Å². The molecule has 1 aromatic heterocycles. The van der Waals surface area contributed by atoms with E-state index in [0.29, 0.717) is 11.3 Å². The summed E-state index contributed by atoms with van der Waals surface area (Å²) in [5.41, 5.74) is 0.185. The number of nitrogens with one attached hydrogen (secondary N) is 1. The predicted molar refractivity (Wildman–Crippen MR) is 111 cm³/mol. The number of halogens is 3. The predicted octanol–water partition coefficient (Wildman–Crippen LogP) is 4.46. The van der Waals surface area contributed by atoms with Crippen LogP contribution in [0.5, 0.6) is 0 Å². The van der Waals surface area contributed by atoms with Gasteiger partial charge in [-0.2, -0.15) is 13.2 Å². The molecular weight excluding hydrogens is 441 g/mol. The maximum absolute atomic E-state index is 13.3. The lowest BCUT2D eigenvalue weighted by Gasteiger charge is -2.26. The molecule has 0 radical (unpaired) electrons. The number of carboxylic acids is 1. The van der Waals surface area contributed by atoms with Crippen molar-refractivity contribution in [3.63, 3.8) is 0 Å². The van der Waals surface area contributed by atoms with Gasteiger partial charge in [0.2, 0.25) is 5.91 Å². The molecule has 1 amide bonds. The van der Waals surface area contributed by atoms with Crippen molar-refractivity contribution in [3.8, 4) is 5.69 Å². The van der Waals surface area contributed by atoms with Crippen LogP contribution in [0.4, 0.5) is 18.9 Å². The van der Waals surface area contributed by atoms with E-state index in [1.54, 1.807) is 12.1 Å². The first-order chi connectivity index (χ1) is 15.6. The van der Waals surface area contributed by atoms with Crippen LogP contribution in [-0.2, 0) is 15.7 Å². The molecule has 2 heterocycles. The fourth-order valence-corrected chi connectivity index (χ4v) is 3.92. The zero-order chi connectivity index (χ0) is 23.9. The summed E-state index contributed by atoms with van der Waals surface area (Å²) in [7, 11) is 1.24. The molecule has 0 spiro atoms. The van der Waals surface area contributed by atoms with Crippen molar-refractivity contribution >= 4 is 23.5 Å². The molecule has 0 fully saturated rings. The zero-order valence-corrected chi connectivity index (χ0v) is 17.1. The number of rotatable bonds is 4. The summed E-state index contributed by atoms with van der Waals surface area (Å²) >= 11 is 0. The van der Waals surface area contributed by atoms with Crippen molar-refractivity contribution in [2.75, 3.05) is 12.4 Å². The van der Waals surface area contributed by atoms with Gasteiger partial charge in [0.25, 0.3) is 0 Å². The van der Waals surface area contributed by atoms with Gasteiger partial charge in [0.05, 0.1) is 29.6 Å². The first-order valence-corrected chi connectivity index (χ1v) is 9.74. The minimum atomic E-state index is -4.59. The Labute approximate surface area is 185 Å². The van der Waals surface area contributed by atoms with Crippen molar-refractivity contribution in [2.24, 2.45) is 0 Å². The number of aromatic carboxylic acids is 1. The van der Waals surface area contributed by atoms with Crippen molar-refractivity contribution in [1.82, 2.24) is 4.57 Å². The molecule has 1 unspecified atom stereocenters. The lowest BCUT2D eigenvalue weighted by molar-refractivity contribution is -0.137. The molecule has 1 aliphatic heterocycles. The fraction of sp³-hybridized carbons (Fsp3) is 0.174. The van der Waals surface area contributed by atoms with Gasteiger partial charge in [-0.25, -0.2) is 9.59 Å². The Morgan fingerprint density at radius 3 is 2.45 bits per heavy atom. The second-order valence-electron chi connectivity index (χ2n) is 7.44. The molecule has 0 saturated carbocycles. The second kappa shape index (κ2) is 8.12. The molecule has 10 heteroatoms. The van der Waals surface area contributed by atoms with Gasteiger partial charge in [-0.05, 0) is 35.9 Å². The number of carbonyl (C=O) groups is 3. The summed E-state index contributed by atoms with van der Waals surface area (Å²) in [6, 6.07) is 10.7. The number of amides is 1. The molecule has 1 aliphatic rings.